The van der Waals surface area contributed by atoms with E-state index in [0.29, 0.717) is 12.6 Å². The Morgan fingerprint density at radius 1 is 1.65 bits per heavy atom. The molecule has 1 aliphatic carbocycles. The van der Waals surface area contributed by atoms with Gasteiger partial charge in [0.25, 0.3) is 11.6 Å². The summed E-state index contributed by atoms with van der Waals surface area (Å²) in [7, 11) is 2.01. The number of anilines is 1. The van der Waals surface area contributed by atoms with Crippen molar-refractivity contribution >= 4 is 17.4 Å². The molecule has 8 nitrogen and oxygen atoms in total. The molecule has 0 aromatic carbocycles. The predicted octanol–water partition coefficient (Wildman–Crippen LogP) is 0.396. The summed E-state index contributed by atoms with van der Waals surface area (Å²) < 4.78 is 0. The van der Waals surface area contributed by atoms with E-state index in [0.717, 1.165) is 18.8 Å². The van der Waals surface area contributed by atoms with Gasteiger partial charge in [-0.15, -0.1) is 0 Å². The number of carbonyl (C=O) groups is 1. The monoisotopic (exact) mass is 279 g/mol. The van der Waals surface area contributed by atoms with Crippen molar-refractivity contribution in [1.82, 2.24) is 15.2 Å². The Kier molecular flexibility index (Phi) is 4.14. The second-order valence-corrected chi connectivity index (χ2v) is 4.85. The van der Waals surface area contributed by atoms with E-state index in [-0.39, 0.29) is 17.1 Å². The van der Waals surface area contributed by atoms with Gasteiger partial charge in [-0.3, -0.25) is 14.9 Å². The van der Waals surface area contributed by atoms with Gasteiger partial charge in [-0.05, 0) is 19.9 Å². The molecular formula is C12H17N5O3. The van der Waals surface area contributed by atoms with Crippen molar-refractivity contribution in [3.63, 3.8) is 0 Å². The highest BCUT2D eigenvalue weighted by molar-refractivity contribution is 5.98. The molecule has 3 N–H and O–H groups in total. The van der Waals surface area contributed by atoms with Crippen LogP contribution in [0.1, 0.15) is 23.2 Å². The van der Waals surface area contributed by atoms with Gasteiger partial charge in [0.2, 0.25) is 0 Å². The van der Waals surface area contributed by atoms with Crippen molar-refractivity contribution < 1.29 is 9.72 Å². The minimum atomic E-state index is -0.607. The van der Waals surface area contributed by atoms with Crippen molar-refractivity contribution in [1.29, 1.82) is 0 Å². The SMILES string of the molecule is CN(CCNC(=O)c1cc([N+](=O)[O-])cnc1N)C1CC1. The van der Waals surface area contributed by atoms with E-state index in [1.54, 1.807) is 0 Å². The van der Waals surface area contributed by atoms with Crippen LogP contribution in [0, 0.1) is 10.1 Å². The van der Waals surface area contributed by atoms with Gasteiger partial charge < -0.3 is 16.0 Å². The average molecular weight is 279 g/mol. The summed E-state index contributed by atoms with van der Waals surface area (Å²) >= 11 is 0. The van der Waals surface area contributed by atoms with Crippen LogP contribution in [0.3, 0.4) is 0 Å². The minimum absolute atomic E-state index is 0.0105. The number of hydrogen-bond donors (Lipinski definition) is 2. The maximum absolute atomic E-state index is 11.9. The third-order valence-corrected chi connectivity index (χ3v) is 3.28. The molecule has 1 amide bonds. The summed E-state index contributed by atoms with van der Waals surface area (Å²) in [4.78, 5) is 27.8. The lowest BCUT2D eigenvalue weighted by molar-refractivity contribution is -0.385. The molecule has 8 heteroatoms. The van der Waals surface area contributed by atoms with Crippen LogP contribution in [0.5, 0.6) is 0 Å². The number of rotatable bonds is 6. The van der Waals surface area contributed by atoms with Crippen LogP contribution in [0.15, 0.2) is 12.3 Å². The van der Waals surface area contributed by atoms with Crippen molar-refractivity contribution in [2.45, 2.75) is 18.9 Å². The highest BCUT2D eigenvalue weighted by Crippen LogP contribution is 2.24. The maximum atomic E-state index is 11.9. The van der Waals surface area contributed by atoms with Crippen LogP contribution < -0.4 is 11.1 Å². The number of carbonyl (C=O) groups excluding carboxylic acids is 1. The molecule has 0 unspecified atom stereocenters. The number of nitrogen functional groups attached to an aromatic ring is 1. The molecule has 0 aliphatic heterocycles. The predicted molar refractivity (Wildman–Crippen MR) is 73.3 cm³/mol. The van der Waals surface area contributed by atoms with E-state index in [1.165, 1.54) is 12.8 Å². The molecule has 2 rings (SSSR count). The Morgan fingerprint density at radius 2 is 2.35 bits per heavy atom. The normalized spacial score (nSPS) is 14.3. The molecule has 0 spiro atoms. The second kappa shape index (κ2) is 5.83. The quantitative estimate of drug-likeness (QED) is 0.575. The lowest BCUT2D eigenvalue weighted by Crippen LogP contribution is -2.34. The second-order valence-electron chi connectivity index (χ2n) is 4.85. The lowest BCUT2D eigenvalue weighted by atomic mass is 10.2. The molecule has 0 saturated heterocycles. The van der Waals surface area contributed by atoms with Gasteiger partial charge in [0.05, 0.1) is 10.5 Å². The van der Waals surface area contributed by atoms with Crippen LogP contribution in [-0.2, 0) is 0 Å². The molecule has 108 valence electrons. The van der Waals surface area contributed by atoms with Crippen LogP contribution in [0.2, 0.25) is 0 Å². The zero-order valence-corrected chi connectivity index (χ0v) is 11.2. The summed E-state index contributed by atoms with van der Waals surface area (Å²) in [5, 5.41) is 13.4. The highest BCUT2D eigenvalue weighted by Gasteiger charge is 2.25. The summed E-state index contributed by atoms with van der Waals surface area (Å²) in [6.45, 7) is 1.20. The zero-order valence-electron chi connectivity index (χ0n) is 11.2. The fourth-order valence-electron chi connectivity index (χ4n) is 1.88. The number of aromatic nitrogens is 1. The molecule has 1 aromatic rings. The van der Waals surface area contributed by atoms with Crippen molar-refractivity contribution in [3.8, 4) is 0 Å². The Labute approximate surface area is 116 Å². The van der Waals surface area contributed by atoms with Crippen LogP contribution in [0.4, 0.5) is 11.5 Å². The maximum Gasteiger partial charge on any atom is 0.288 e. The third kappa shape index (κ3) is 3.41. The molecule has 0 bridgehead atoms. The fourth-order valence-corrected chi connectivity index (χ4v) is 1.88. The van der Waals surface area contributed by atoms with Crippen molar-refractivity contribution in [3.05, 3.63) is 27.9 Å². The molecule has 20 heavy (non-hydrogen) atoms. The van der Waals surface area contributed by atoms with Gasteiger partial charge in [0, 0.05) is 25.2 Å². The Balaban J connectivity index is 1.93. The van der Waals surface area contributed by atoms with E-state index < -0.39 is 10.8 Å². The number of nitrogens with zero attached hydrogens (tertiary/aromatic N) is 3. The number of nitrogens with two attached hydrogens (primary N) is 1. The summed E-state index contributed by atoms with van der Waals surface area (Å²) in [5.41, 5.74) is 5.36. The smallest absolute Gasteiger partial charge is 0.288 e. The van der Waals surface area contributed by atoms with E-state index >= 15 is 0 Å². The topological polar surface area (TPSA) is 114 Å². The number of hydrogen-bond acceptors (Lipinski definition) is 6. The first-order chi connectivity index (χ1) is 9.49. The lowest BCUT2D eigenvalue weighted by Gasteiger charge is -2.15. The first-order valence-corrected chi connectivity index (χ1v) is 6.37. The van der Waals surface area contributed by atoms with Crippen LogP contribution >= 0.6 is 0 Å². The van der Waals surface area contributed by atoms with Crippen molar-refractivity contribution in [2.24, 2.45) is 0 Å². The first kappa shape index (κ1) is 14.2. The van der Waals surface area contributed by atoms with Crippen molar-refractivity contribution in [2.75, 3.05) is 25.9 Å². The van der Waals surface area contributed by atoms with E-state index in [1.807, 2.05) is 7.05 Å². The van der Waals surface area contributed by atoms with Gasteiger partial charge >= 0.3 is 0 Å². The van der Waals surface area contributed by atoms with E-state index in [2.05, 4.69) is 15.2 Å². The first-order valence-electron chi connectivity index (χ1n) is 6.37. The average Bonchev–Trinajstić information content (AvgIpc) is 3.22. The standard InChI is InChI=1S/C12H17N5O3/c1-16(8-2-3-8)5-4-14-12(18)10-6-9(17(19)20)7-15-11(10)13/h6-8H,2-5H2,1H3,(H2,13,15)(H,14,18). The number of nitrogens with one attached hydrogen (secondary N) is 1. The molecule has 0 radical (unpaired) electrons. The van der Waals surface area contributed by atoms with E-state index in [9.17, 15) is 14.9 Å². The molecule has 1 saturated carbocycles. The van der Waals surface area contributed by atoms with E-state index in [4.69, 9.17) is 5.73 Å². The molecule has 1 fully saturated rings. The molecule has 1 aliphatic rings. The van der Waals surface area contributed by atoms with Crippen LogP contribution in [0.25, 0.3) is 0 Å². The number of likely N-dealkylation sites (N-methyl/N-ethyl adjacent to an activating group) is 1. The van der Waals surface area contributed by atoms with Gasteiger partial charge in [0.1, 0.15) is 12.0 Å². The Bertz CT molecular complexity index is 530. The molecular weight excluding hydrogens is 262 g/mol. The highest BCUT2D eigenvalue weighted by atomic mass is 16.6. The molecule has 1 aromatic heterocycles. The largest absolute Gasteiger partial charge is 0.383 e. The summed E-state index contributed by atoms with van der Waals surface area (Å²) in [5.74, 6) is -0.452. The Hall–Kier alpha value is -2.22. The van der Waals surface area contributed by atoms with Gasteiger partial charge in [0.15, 0.2) is 0 Å². The third-order valence-electron chi connectivity index (χ3n) is 3.28. The van der Waals surface area contributed by atoms with Crippen LogP contribution in [-0.4, -0.2) is 46.9 Å². The molecule has 1 heterocycles. The summed E-state index contributed by atoms with van der Waals surface area (Å²) in [6.07, 6.45) is 3.44. The summed E-state index contributed by atoms with van der Waals surface area (Å²) in [6, 6.07) is 1.76. The Morgan fingerprint density at radius 3 is 2.95 bits per heavy atom. The minimum Gasteiger partial charge on any atom is -0.383 e. The fraction of sp³-hybridized carbons (Fsp3) is 0.500. The zero-order chi connectivity index (χ0) is 14.7. The molecule has 0 atom stereocenters. The van der Waals surface area contributed by atoms with Gasteiger partial charge in [-0.1, -0.05) is 0 Å². The number of amides is 1. The van der Waals surface area contributed by atoms with Gasteiger partial charge in [-0.2, -0.15) is 0 Å². The number of nitro groups is 1. The number of pyridine rings is 1. The van der Waals surface area contributed by atoms with Gasteiger partial charge in [-0.25, -0.2) is 4.98 Å².